The van der Waals surface area contributed by atoms with Crippen LogP contribution in [0.15, 0.2) is 87.3 Å². The molecule has 0 saturated carbocycles. The van der Waals surface area contributed by atoms with E-state index >= 15 is 0 Å². The number of nitrogens with one attached hydrogen (secondary N) is 1. The lowest BCUT2D eigenvalue weighted by atomic mass is 10.2. The van der Waals surface area contributed by atoms with Crippen LogP contribution in [-0.2, 0) is 21.4 Å². The Bertz CT molecular complexity index is 1220. The first-order valence-corrected chi connectivity index (χ1v) is 11.9. The van der Waals surface area contributed by atoms with Crippen LogP contribution in [0.4, 0.5) is 4.39 Å². The van der Waals surface area contributed by atoms with Crippen molar-refractivity contribution in [2.24, 2.45) is 5.10 Å². The fourth-order valence-corrected chi connectivity index (χ4v) is 4.50. The Morgan fingerprint density at radius 3 is 2.38 bits per heavy atom. The van der Waals surface area contributed by atoms with Crippen molar-refractivity contribution in [3.05, 3.63) is 99.2 Å². The van der Waals surface area contributed by atoms with Crippen LogP contribution in [0.1, 0.15) is 11.1 Å². The Labute approximate surface area is 198 Å². The zero-order chi connectivity index (χ0) is 23.1. The highest BCUT2D eigenvalue weighted by Gasteiger charge is 2.27. The molecule has 0 unspecified atom stereocenters. The molecule has 1 amide bonds. The first-order chi connectivity index (χ1) is 15.3. The summed E-state index contributed by atoms with van der Waals surface area (Å²) in [5.74, 6) is -1.17. The van der Waals surface area contributed by atoms with Crippen LogP contribution in [0, 0.1) is 5.82 Å². The molecule has 0 spiro atoms. The molecule has 3 rings (SSSR count). The summed E-state index contributed by atoms with van der Waals surface area (Å²) in [6.07, 6.45) is 1.15. The van der Waals surface area contributed by atoms with Gasteiger partial charge in [-0.1, -0.05) is 57.9 Å². The Hall–Kier alpha value is -2.59. The number of nitrogens with zero attached hydrogens (tertiary/aromatic N) is 2. The Morgan fingerprint density at radius 1 is 1.06 bits per heavy atom. The van der Waals surface area contributed by atoms with Crippen molar-refractivity contribution in [3.63, 3.8) is 0 Å². The van der Waals surface area contributed by atoms with Gasteiger partial charge in [0.25, 0.3) is 5.91 Å². The summed E-state index contributed by atoms with van der Waals surface area (Å²) < 4.78 is 41.9. The molecule has 0 fully saturated rings. The monoisotopic (exact) mass is 537 g/mol. The molecule has 3 aromatic carbocycles. The molecule has 0 bridgehead atoms. The van der Waals surface area contributed by atoms with Crippen molar-refractivity contribution in [2.75, 3.05) is 6.54 Å². The Balaban J connectivity index is 1.80. The summed E-state index contributed by atoms with van der Waals surface area (Å²) in [7, 11) is -4.01. The van der Waals surface area contributed by atoms with E-state index < -0.39 is 28.3 Å². The standard InChI is InChI=1S/C22H18BrClFN3O3S/c23-18-7-5-16(6-8-18)14-28(32(30,31)20-11-9-19(24)10-12-20)15-22(29)27-26-13-17-3-1-2-4-21(17)25/h1-13H,14-15H2,(H,27,29)/b26-13-. The van der Waals surface area contributed by atoms with Crippen LogP contribution in [0.5, 0.6) is 0 Å². The molecule has 32 heavy (non-hydrogen) atoms. The summed E-state index contributed by atoms with van der Waals surface area (Å²) in [4.78, 5) is 12.5. The molecule has 0 heterocycles. The minimum atomic E-state index is -4.01. The molecule has 0 aliphatic rings. The molecule has 6 nitrogen and oxygen atoms in total. The third-order valence-electron chi connectivity index (χ3n) is 4.34. The van der Waals surface area contributed by atoms with E-state index in [9.17, 15) is 17.6 Å². The molecule has 10 heteroatoms. The van der Waals surface area contributed by atoms with Gasteiger partial charge in [0.1, 0.15) is 5.82 Å². The second-order valence-corrected chi connectivity index (χ2v) is 9.96. The number of halogens is 3. The number of carbonyl (C=O) groups excluding carboxylic acids is 1. The molecule has 1 N–H and O–H groups in total. The smallest absolute Gasteiger partial charge is 0.255 e. The molecule has 0 saturated heterocycles. The number of benzene rings is 3. The maximum absolute atomic E-state index is 13.7. The van der Waals surface area contributed by atoms with Gasteiger partial charge in [-0.15, -0.1) is 0 Å². The van der Waals surface area contributed by atoms with Crippen LogP contribution in [0.2, 0.25) is 5.02 Å². The molecule has 166 valence electrons. The number of rotatable bonds is 8. The van der Waals surface area contributed by atoms with Gasteiger partial charge in [0.2, 0.25) is 10.0 Å². The van der Waals surface area contributed by atoms with Gasteiger partial charge in [-0.2, -0.15) is 9.41 Å². The lowest BCUT2D eigenvalue weighted by Crippen LogP contribution is -2.39. The summed E-state index contributed by atoms with van der Waals surface area (Å²) in [5.41, 5.74) is 3.12. The van der Waals surface area contributed by atoms with Crippen molar-refractivity contribution < 1.29 is 17.6 Å². The number of amides is 1. The molecule has 0 aliphatic heterocycles. The minimum Gasteiger partial charge on any atom is -0.272 e. The highest BCUT2D eigenvalue weighted by atomic mass is 79.9. The lowest BCUT2D eigenvalue weighted by Gasteiger charge is -2.21. The number of carbonyl (C=O) groups is 1. The third kappa shape index (κ3) is 6.46. The van der Waals surface area contributed by atoms with Crippen molar-refractivity contribution >= 4 is 49.7 Å². The third-order valence-corrected chi connectivity index (χ3v) is 6.93. The van der Waals surface area contributed by atoms with Crippen LogP contribution >= 0.6 is 27.5 Å². The van der Waals surface area contributed by atoms with Crippen molar-refractivity contribution in [1.82, 2.24) is 9.73 Å². The van der Waals surface area contributed by atoms with E-state index in [0.29, 0.717) is 10.6 Å². The van der Waals surface area contributed by atoms with E-state index in [-0.39, 0.29) is 17.0 Å². The predicted octanol–water partition coefficient (Wildman–Crippen LogP) is 4.58. The van der Waals surface area contributed by atoms with Crippen molar-refractivity contribution in [1.29, 1.82) is 0 Å². The lowest BCUT2D eigenvalue weighted by molar-refractivity contribution is -0.121. The van der Waals surface area contributed by atoms with Gasteiger partial charge in [0.05, 0.1) is 17.7 Å². The van der Waals surface area contributed by atoms with Gasteiger partial charge in [-0.05, 0) is 48.0 Å². The van der Waals surface area contributed by atoms with Gasteiger partial charge < -0.3 is 0 Å². The maximum atomic E-state index is 13.7. The molecule has 3 aromatic rings. The average Bonchev–Trinajstić information content (AvgIpc) is 2.76. The average molecular weight is 539 g/mol. The molecular weight excluding hydrogens is 521 g/mol. The topological polar surface area (TPSA) is 78.8 Å². The van der Waals surface area contributed by atoms with E-state index in [0.717, 1.165) is 15.0 Å². The van der Waals surface area contributed by atoms with E-state index in [1.54, 1.807) is 30.3 Å². The van der Waals surface area contributed by atoms with Crippen molar-refractivity contribution in [2.45, 2.75) is 11.4 Å². The molecule has 0 atom stereocenters. The fraction of sp³-hybridized carbons (Fsp3) is 0.0909. The number of hydrogen-bond donors (Lipinski definition) is 1. The highest BCUT2D eigenvalue weighted by Crippen LogP contribution is 2.21. The summed E-state index contributed by atoms with van der Waals surface area (Å²) in [6, 6.07) is 18.7. The first-order valence-electron chi connectivity index (χ1n) is 9.32. The number of hydrazone groups is 1. The SMILES string of the molecule is O=C(CN(Cc1ccc(Br)cc1)S(=O)(=O)c1ccc(Cl)cc1)N/N=C\c1ccccc1F. The van der Waals surface area contributed by atoms with Gasteiger partial charge in [-0.3, -0.25) is 4.79 Å². The van der Waals surface area contributed by atoms with E-state index in [4.69, 9.17) is 11.6 Å². The first kappa shape index (κ1) is 24.1. The largest absolute Gasteiger partial charge is 0.272 e. The summed E-state index contributed by atoms with van der Waals surface area (Å²) in [5, 5.41) is 4.12. The summed E-state index contributed by atoms with van der Waals surface area (Å²) >= 11 is 9.21. The quantitative estimate of drug-likeness (QED) is 0.337. The molecule has 0 radical (unpaired) electrons. The van der Waals surface area contributed by atoms with Crippen LogP contribution in [0.25, 0.3) is 0 Å². The van der Waals surface area contributed by atoms with Crippen molar-refractivity contribution in [3.8, 4) is 0 Å². The Kier molecular flexibility index (Phi) is 8.14. The van der Waals surface area contributed by atoms with Gasteiger partial charge in [0, 0.05) is 21.6 Å². The molecule has 0 aromatic heterocycles. The van der Waals surface area contributed by atoms with E-state index in [1.807, 2.05) is 0 Å². The van der Waals surface area contributed by atoms with Gasteiger partial charge in [-0.25, -0.2) is 18.2 Å². The zero-order valence-corrected chi connectivity index (χ0v) is 19.7. The van der Waals surface area contributed by atoms with Crippen LogP contribution < -0.4 is 5.43 Å². The molecule has 0 aliphatic carbocycles. The highest BCUT2D eigenvalue weighted by molar-refractivity contribution is 9.10. The number of hydrogen-bond acceptors (Lipinski definition) is 4. The fourth-order valence-electron chi connectivity index (χ4n) is 2.72. The minimum absolute atomic E-state index is 0.00155. The van der Waals surface area contributed by atoms with Gasteiger partial charge in [0.15, 0.2) is 0 Å². The zero-order valence-electron chi connectivity index (χ0n) is 16.6. The van der Waals surface area contributed by atoms with E-state index in [2.05, 4.69) is 26.5 Å². The maximum Gasteiger partial charge on any atom is 0.255 e. The van der Waals surface area contributed by atoms with E-state index in [1.165, 1.54) is 42.5 Å². The van der Waals surface area contributed by atoms with Crippen LogP contribution in [-0.4, -0.2) is 31.4 Å². The normalized spacial score (nSPS) is 11.8. The second-order valence-electron chi connectivity index (χ2n) is 6.67. The van der Waals surface area contributed by atoms with Gasteiger partial charge >= 0.3 is 0 Å². The Morgan fingerprint density at radius 2 is 1.72 bits per heavy atom. The number of sulfonamides is 1. The predicted molar refractivity (Wildman–Crippen MR) is 125 cm³/mol. The van der Waals surface area contributed by atoms with Crippen LogP contribution in [0.3, 0.4) is 0 Å². The molecular formula is C22H18BrClFN3O3S. The second kappa shape index (κ2) is 10.8. The summed E-state index contributed by atoms with van der Waals surface area (Å²) in [6.45, 7) is -0.529.